The van der Waals surface area contributed by atoms with Gasteiger partial charge in [0.2, 0.25) is 10.0 Å². The van der Waals surface area contributed by atoms with Crippen LogP contribution in [-0.4, -0.2) is 47.3 Å². The van der Waals surface area contributed by atoms with Crippen molar-refractivity contribution in [3.8, 4) is 0 Å². The van der Waals surface area contributed by atoms with E-state index in [9.17, 15) is 8.42 Å². The second-order valence-electron chi connectivity index (χ2n) is 5.30. The molecular weight excluding hydrogens is 415 g/mol. The fourth-order valence-corrected chi connectivity index (χ4v) is 2.76. The maximum atomic E-state index is 10.9. The number of aliphatic imine (C=N–C) groups is 1. The third-order valence-corrected chi connectivity index (χ3v) is 4.09. The smallest absolute Gasteiger partial charge is 0.208 e. The lowest BCUT2D eigenvalue weighted by Crippen LogP contribution is -2.39. The predicted molar refractivity (Wildman–Crippen MR) is 103 cm³/mol. The van der Waals surface area contributed by atoms with Gasteiger partial charge in [-0.3, -0.25) is 4.99 Å². The lowest BCUT2D eigenvalue weighted by molar-refractivity contribution is 0.584. The lowest BCUT2D eigenvalue weighted by Gasteiger charge is -2.15. The highest BCUT2D eigenvalue weighted by Crippen LogP contribution is 2.19. The molecule has 1 aliphatic carbocycles. The first kappa shape index (κ1) is 21.6. The van der Waals surface area contributed by atoms with Crippen molar-refractivity contribution in [2.24, 2.45) is 4.99 Å². The van der Waals surface area contributed by atoms with Crippen LogP contribution in [0.5, 0.6) is 0 Å². The summed E-state index contributed by atoms with van der Waals surface area (Å²) in [5.74, 6) is 0.769. The number of nitrogens with one attached hydrogen (secondary N) is 3. The van der Waals surface area contributed by atoms with Gasteiger partial charge in [-0.2, -0.15) is 0 Å². The fourth-order valence-electron chi connectivity index (χ4n) is 2.25. The molecule has 6 nitrogen and oxygen atoms in total. The zero-order valence-corrected chi connectivity index (χ0v) is 16.7. The summed E-state index contributed by atoms with van der Waals surface area (Å²) in [5, 5.41) is 6.46. The van der Waals surface area contributed by atoms with Crippen LogP contribution in [-0.2, 0) is 10.0 Å². The molecule has 1 rings (SSSR count). The molecule has 0 saturated carbocycles. The van der Waals surface area contributed by atoms with Gasteiger partial charge in [-0.15, -0.1) is 24.0 Å². The lowest BCUT2D eigenvalue weighted by atomic mass is 9.97. The van der Waals surface area contributed by atoms with Crippen molar-refractivity contribution >= 4 is 40.0 Å². The summed E-state index contributed by atoms with van der Waals surface area (Å²) in [7, 11) is -1.35. The SMILES string of the molecule is CN=C(NCCCNS(C)(=O)=O)NCCC1=CCCCC1.I. The van der Waals surface area contributed by atoms with E-state index in [1.165, 1.54) is 31.9 Å². The molecule has 0 radical (unpaired) electrons. The number of guanidine groups is 1. The van der Waals surface area contributed by atoms with Crippen LogP contribution in [0.1, 0.15) is 38.5 Å². The monoisotopic (exact) mass is 444 g/mol. The Balaban J connectivity index is 0.00000441. The van der Waals surface area contributed by atoms with Crippen LogP contribution in [0.25, 0.3) is 0 Å². The number of nitrogens with zero attached hydrogens (tertiary/aromatic N) is 1. The first-order valence-corrected chi connectivity index (χ1v) is 9.47. The van der Waals surface area contributed by atoms with E-state index in [0.29, 0.717) is 13.1 Å². The second-order valence-corrected chi connectivity index (χ2v) is 7.14. The molecule has 0 heterocycles. The Morgan fingerprint density at radius 2 is 1.95 bits per heavy atom. The van der Waals surface area contributed by atoms with Gasteiger partial charge < -0.3 is 10.6 Å². The number of hydrogen-bond donors (Lipinski definition) is 3. The van der Waals surface area contributed by atoms with Gasteiger partial charge in [0, 0.05) is 26.7 Å². The molecule has 0 spiro atoms. The summed E-state index contributed by atoms with van der Waals surface area (Å²) in [4.78, 5) is 4.15. The Morgan fingerprint density at radius 3 is 2.55 bits per heavy atom. The van der Waals surface area contributed by atoms with E-state index >= 15 is 0 Å². The summed E-state index contributed by atoms with van der Waals surface area (Å²) in [6.07, 6.45) is 10.4. The van der Waals surface area contributed by atoms with Crippen LogP contribution in [0.3, 0.4) is 0 Å². The van der Waals surface area contributed by atoms with E-state index in [1.54, 1.807) is 12.6 Å². The van der Waals surface area contributed by atoms with Crippen molar-refractivity contribution in [2.75, 3.05) is 32.9 Å². The van der Waals surface area contributed by atoms with Crippen LogP contribution in [0.15, 0.2) is 16.6 Å². The standard InChI is InChI=1S/C14H28N4O2S.HI/c1-15-14(16-10-6-11-18-21(2,19)20)17-12-9-13-7-4-3-5-8-13;/h7,18H,3-6,8-12H2,1-2H3,(H2,15,16,17);1H. The Bertz CT molecular complexity index is 463. The maximum Gasteiger partial charge on any atom is 0.208 e. The Kier molecular flexibility index (Phi) is 11.9. The number of allylic oxidation sites excluding steroid dienone is 1. The molecule has 0 atom stereocenters. The van der Waals surface area contributed by atoms with E-state index in [4.69, 9.17) is 0 Å². The van der Waals surface area contributed by atoms with Crippen molar-refractivity contribution in [1.82, 2.24) is 15.4 Å². The average Bonchev–Trinajstić information content (AvgIpc) is 2.45. The second kappa shape index (κ2) is 12.1. The zero-order valence-electron chi connectivity index (χ0n) is 13.5. The van der Waals surface area contributed by atoms with E-state index in [0.717, 1.165) is 25.3 Å². The largest absolute Gasteiger partial charge is 0.356 e. The molecule has 1 aliphatic rings. The third-order valence-electron chi connectivity index (χ3n) is 3.36. The van der Waals surface area contributed by atoms with Crippen molar-refractivity contribution in [3.63, 3.8) is 0 Å². The minimum atomic E-state index is -3.09. The van der Waals surface area contributed by atoms with Crippen LogP contribution in [0, 0.1) is 0 Å². The van der Waals surface area contributed by atoms with Gasteiger partial charge in [-0.1, -0.05) is 11.6 Å². The molecule has 0 bridgehead atoms. The molecule has 8 heteroatoms. The minimum Gasteiger partial charge on any atom is -0.356 e. The topological polar surface area (TPSA) is 82.6 Å². The van der Waals surface area contributed by atoms with E-state index < -0.39 is 10.0 Å². The first-order valence-electron chi connectivity index (χ1n) is 7.58. The normalized spacial score (nSPS) is 15.7. The minimum absolute atomic E-state index is 0. The molecule has 130 valence electrons. The molecule has 3 N–H and O–H groups in total. The Morgan fingerprint density at radius 1 is 1.23 bits per heavy atom. The Hall–Kier alpha value is -0.350. The van der Waals surface area contributed by atoms with Gasteiger partial charge in [0.05, 0.1) is 6.26 Å². The molecule has 0 saturated heterocycles. The number of hydrogen-bond acceptors (Lipinski definition) is 3. The quantitative estimate of drug-likeness (QED) is 0.175. The van der Waals surface area contributed by atoms with E-state index in [2.05, 4.69) is 26.4 Å². The molecule has 0 aromatic carbocycles. The molecule has 22 heavy (non-hydrogen) atoms. The fraction of sp³-hybridized carbons (Fsp3) is 0.786. The highest BCUT2D eigenvalue weighted by molar-refractivity contribution is 14.0. The van der Waals surface area contributed by atoms with Crippen molar-refractivity contribution in [1.29, 1.82) is 0 Å². The van der Waals surface area contributed by atoms with Crippen LogP contribution >= 0.6 is 24.0 Å². The number of halogens is 1. The average molecular weight is 444 g/mol. The molecule has 0 aliphatic heterocycles. The molecule has 0 fully saturated rings. The van der Waals surface area contributed by atoms with Crippen LogP contribution < -0.4 is 15.4 Å². The Labute approximate surface area is 151 Å². The van der Waals surface area contributed by atoms with Crippen molar-refractivity contribution < 1.29 is 8.42 Å². The first-order chi connectivity index (χ1) is 10.0. The molecule has 0 aromatic rings. The highest BCUT2D eigenvalue weighted by Gasteiger charge is 2.04. The van der Waals surface area contributed by atoms with E-state index in [-0.39, 0.29) is 24.0 Å². The summed E-state index contributed by atoms with van der Waals surface area (Å²) in [6.45, 7) is 2.01. The van der Waals surface area contributed by atoms with Crippen LogP contribution in [0.2, 0.25) is 0 Å². The van der Waals surface area contributed by atoms with Gasteiger partial charge in [0.1, 0.15) is 0 Å². The van der Waals surface area contributed by atoms with Gasteiger partial charge in [-0.05, 0) is 38.5 Å². The zero-order chi connectivity index (χ0) is 15.6. The van der Waals surface area contributed by atoms with Gasteiger partial charge in [0.25, 0.3) is 0 Å². The molecule has 0 unspecified atom stereocenters. The summed E-state index contributed by atoms with van der Waals surface area (Å²) >= 11 is 0. The van der Waals surface area contributed by atoms with Gasteiger partial charge in [0.15, 0.2) is 5.96 Å². The summed E-state index contributed by atoms with van der Waals surface area (Å²) in [6, 6.07) is 0. The number of rotatable bonds is 8. The molecule has 0 amide bonds. The van der Waals surface area contributed by atoms with Gasteiger partial charge >= 0.3 is 0 Å². The van der Waals surface area contributed by atoms with Crippen LogP contribution in [0.4, 0.5) is 0 Å². The van der Waals surface area contributed by atoms with Crippen molar-refractivity contribution in [2.45, 2.75) is 38.5 Å². The third kappa shape index (κ3) is 11.2. The predicted octanol–water partition coefficient (Wildman–Crippen LogP) is 1.60. The maximum absolute atomic E-state index is 10.9. The summed E-state index contributed by atoms with van der Waals surface area (Å²) < 4.78 is 24.3. The molecular formula is C14H29IN4O2S. The van der Waals surface area contributed by atoms with Gasteiger partial charge in [-0.25, -0.2) is 13.1 Å². The van der Waals surface area contributed by atoms with E-state index in [1.807, 2.05) is 0 Å². The van der Waals surface area contributed by atoms with Crippen molar-refractivity contribution in [3.05, 3.63) is 11.6 Å². The molecule has 0 aromatic heterocycles. The highest BCUT2D eigenvalue weighted by atomic mass is 127. The number of sulfonamides is 1. The summed E-state index contributed by atoms with van der Waals surface area (Å²) in [5.41, 5.74) is 1.54.